The van der Waals surface area contributed by atoms with Gasteiger partial charge < -0.3 is 10.6 Å². The van der Waals surface area contributed by atoms with E-state index in [1.165, 1.54) is 0 Å². The fourth-order valence-electron chi connectivity index (χ4n) is 1.85. The van der Waals surface area contributed by atoms with Crippen LogP contribution >= 0.6 is 23.2 Å². The van der Waals surface area contributed by atoms with Crippen molar-refractivity contribution in [2.45, 2.75) is 13.0 Å². The van der Waals surface area contributed by atoms with Gasteiger partial charge in [0.05, 0.1) is 6.54 Å². The van der Waals surface area contributed by atoms with Crippen molar-refractivity contribution < 1.29 is 4.79 Å². The molecule has 1 atom stereocenters. The van der Waals surface area contributed by atoms with Gasteiger partial charge in [-0.3, -0.25) is 4.79 Å². The molecule has 0 unspecified atom stereocenters. The van der Waals surface area contributed by atoms with Crippen LogP contribution in [0.3, 0.4) is 0 Å². The first-order valence-electron chi connectivity index (χ1n) is 6.59. The van der Waals surface area contributed by atoms with Gasteiger partial charge in [0, 0.05) is 21.8 Å². The summed E-state index contributed by atoms with van der Waals surface area (Å²) in [5, 5.41) is 7.31. The summed E-state index contributed by atoms with van der Waals surface area (Å²) in [6, 6.07) is 14.6. The predicted molar refractivity (Wildman–Crippen MR) is 88.0 cm³/mol. The summed E-state index contributed by atoms with van der Waals surface area (Å²) >= 11 is 11.6. The number of anilines is 1. The first-order chi connectivity index (χ1) is 10.0. The standard InChI is InChI=1S/C16H16Cl2N2O/c1-11(12-2-4-13(17)5-3-12)19-10-16(21)20-15-8-6-14(18)7-9-15/h2-9,11,19H,10H2,1H3,(H,20,21)/t11-/m1/s1. The van der Waals surface area contributed by atoms with E-state index in [4.69, 9.17) is 23.2 Å². The van der Waals surface area contributed by atoms with E-state index in [0.717, 1.165) is 11.3 Å². The fraction of sp³-hybridized carbons (Fsp3) is 0.188. The van der Waals surface area contributed by atoms with Crippen LogP contribution in [0.2, 0.25) is 10.0 Å². The van der Waals surface area contributed by atoms with E-state index in [-0.39, 0.29) is 18.5 Å². The number of hydrogen-bond acceptors (Lipinski definition) is 2. The largest absolute Gasteiger partial charge is 0.325 e. The number of amides is 1. The van der Waals surface area contributed by atoms with Gasteiger partial charge >= 0.3 is 0 Å². The second-order valence-corrected chi connectivity index (χ2v) is 5.58. The van der Waals surface area contributed by atoms with Gasteiger partial charge in [-0.05, 0) is 48.9 Å². The van der Waals surface area contributed by atoms with Crippen LogP contribution in [0.5, 0.6) is 0 Å². The zero-order valence-electron chi connectivity index (χ0n) is 11.6. The van der Waals surface area contributed by atoms with Crippen molar-refractivity contribution in [3.8, 4) is 0 Å². The van der Waals surface area contributed by atoms with Gasteiger partial charge in [-0.25, -0.2) is 0 Å². The molecule has 0 radical (unpaired) electrons. The number of nitrogens with one attached hydrogen (secondary N) is 2. The molecular weight excluding hydrogens is 307 g/mol. The first kappa shape index (κ1) is 15.8. The lowest BCUT2D eigenvalue weighted by atomic mass is 10.1. The molecule has 21 heavy (non-hydrogen) atoms. The average molecular weight is 323 g/mol. The van der Waals surface area contributed by atoms with Crippen molar-refractivity contribution in [3.05, 3.63) is 64.1 Å². The molecule has 0 aliphatic rings. The molecule has 2 rings (SSSR count). The van der Waals surface area contributed by atoms with Gasteiger partial charge in [-0.1, -0.05) is 35.3 Å². The van der Waals surface area contributed by atoms with Crippen molar-refractivity contribution in [3.63, 3.8) is 0 Å². The molecule has 2 N–H and O–H groups in total. The SMILES string of the molecule is C[C@@H](NCC(=O)Nc1ccc(Cl)cc1)c1ccc(Cl)cc1. The molecule has 3 nitrogen and oxygen atoms in total. The molecule has 0 aromatic heterocycles. The van der Waals surface area contributed by atoms with Gasteiger partial charge in [0.1, 0.15) is 0 Å². The van der Waals surface area contributed by atoms with Gasteiger partial charge in [-0.2, -0.15) is 0 Å². The summed E-state index contributed by atoms with van der Waals surface area (Å²) in [5.41, 5.74) is 1.81. The predicted octanol–water partition coefficient (Wildman–Crippen LogP) is 4.28. The van der Waals surface area contributed by atoms with Crippen molar-refractivity contribution in [1.82, 2.24) is 5.32 Å². The van der Waals surface area contributed by atoms with Crippen LogP contribution in [0.25, 0.3) is 0 Å². The third-order valence-corrected chi connectivity index (χ3v) is 3.57. The minimum absolute atomic E-state index is 0.0678. The summed E-state index contributed by atoms with van der Waals surface area (Å²) in [6.07, 6.45) is 0. The lowest BCUT2D eigenvalue weighted by Crippen LogP contribution is -2.30. The van der Waals surface area contributed by atoms with Crippen LogP contribution < -0.4 is 10.6 Å². The quantitative estimate of drug-likeness (QED) is 0.862. The topological polar surface area (TPSA) is 41.1 Å². The third-order valence-electron chi connectivity index (χ3n) is 3.07. The Hall–Kier alpha value is -1.55. The lowest BCUT2D eigenvalue weighted by molar-refractivity contribution is -0.115. The Kier molecular flexibility index (Phi) is 5.62. The third kappa shape index (κ3) is 5.05. The highest BCUT2D eigenvalue weighted by Crippen LogP contribution is 2.16. The Morgan fingerprint density at radius 1 is 1.00 bits per heavy atom. The van der Waals surface area contributed by atoms with E-state index in [0.29, 0.717) is 10.0 Å². The highest BCUT2D eigenvalue weighted by Gasteiger charge is 2.08. The van der Waals surface area contributed by atoms with Gasteiger partial charge in [0.25, 0.3) is 0 Å². The molecule has 1 amide bonds. The second kappa shape index (κ2) is 7.46. The maximum atomic E-state index is 11.9. The van der Waals surface area contributed by atoms with Crippen molar-refractivity contribution in [2.75, 3.05) is 11.9 Å². The van der Waals surface area contributed by atoms with Crippen LogP contribution in [0.1, 0.15) is 18.5 Å². The van der Waals surface area contributed by atoms with E-state index in [1.54, 1.807) is 24.3 Å². The van der Waals surface area contributed by atoms with Crippen molar-refractivity contribution >= 4 is 34.8 Å². The number of halogens is 2. The van der Waals surface area contributed by atoms with Crippen molar-refractivity contribution in [1.29, 1.82) is 0 Å². The van der Waals surface area contributed by atoms with Gasteiger partial charge in [0.15, 0.2) is 0 Å². The molecule has 0 saturated heterocycles. The highest BCUT2D eigenvalue weighted by atomic mass is 35.5. The molecular formula is C16H16Cl2N2O. The Bertz CT molecular complexity index is 597. The molecule has 0 spiro atoms. The van der Waals surface area contributed by atoms with E-state index < -0.39 is 0 Å². The summed E-state index contributed by atoms with van der Waals surface area (Å²) in [5.74, 6) is -0.0989. The zero-order valence-corrected chi connectivity index (χ0v) is 13.1. The van der Waals surface area contributed by atoms with Crippen LogP contribution in [-0.4, -0.2) is 12.5 Å². The summed E-state index contributed by atoms with van der Waals surface area (Å²) < 4.78 is 0. The lowest BCUT2D eigenvalue weighted by Gasteiger charge is -2.14. The minimum Gasteiger partial charge on any atom is -0.325 e. The molecule has 0 fully saturated rings. The summed E-state index contributed by atoms with van der Waals surface area (Å²) in [7, 11) is 0. The van der Waals surface area contributed by atoms with Crippen LogP contribution in [-0.2, 0) is 4.79 Å². The summed E-state index contributed by atoms with van der Waals surface area (Å²) in [4.78, 5) is 11.9. The maximum absolute atomic E-state index is 11.9. The molecule has 5 heteroatoms. The monoisotopic (exact) mass is 322 g/mol. The van der Waals surface area contributed by atoms with E-state index in [1.807, 2.05) is 31.2 Å². The van der Waals surface area contributed by atoms with Crippen LogP contribution in [0, 0.1) is 0 Å². The maximum Gasteiger partial charge on any atom is 0.238 e. The number of hydrogen-bond donors (Lipinski definition) is 2. The normalized spacial score (nSPS) is 12.0. The minimum atomic E-state index is -0.0989. The highest BCUT2D eigenvalue weighted by molar-refractivity contribution is 6.30. The molecule has 0 aliphatic carbocycles. The van der Waals surface area contributed by atoms with Crippen LogP contribution in [0.4, 0.5) is 5.69 Å². The Labute approximate surface area is 134 Å². The van der Waals surface area contributed by atoms with E-state index in [9.17, 15) is 4.79 Å². The number of carbonyl (C=O) groups is 1. The molecule has 0 aliphatic heterocycles. The molecule has 0 saturated carbocycles. The molecule has 0 bridgehead atoms. The Morgan fingerprint density at radius 3 is 2.10 bits per heavy atom. The van der Waals surface area contributed by atoms with Gasteiger partial charge in [0.2, 0.25) is 5.91 Å². The Balaban J connectivity index is 1.83. The zero-order chi connectivity index (χ0) is 15.2. The van der Waals surface area contributed by atoms with E-state index >= 15 is 0 Å². The number of rotatable bonds is 5. The number of benzene rings is 2. The fourth-order valence-corrected chi connectivity index (χ4v) is 2.11. The smallest absolute Gasteiger partial charge is 0.238 e. The van der Waals surface area contributed by atoms with E-state index in [2.05, 4.69) is 10.6 Å². The summed E-state index contributed by atoms with van der Waals surface area (Å²) in [6.45, 7) is 2.23. The molecule has 110 valence electrons. The Morgan fingerprint density at radius 2 is 1.52 bits per heavy atom. The first-order valence-corrected chi connectivity index (χ1v) is 7.34. The molecule has 2 aromatic carbocycles. The second-order valence-electron chi connectivity index (χ2n) is 4.71. The molecule has 0 heterocycles. The molecule has 2 aromatic rings. The van der Waals surface area contributed by atoms with Crippen molar-refractivity contribution in [2.24, 2.45) is 0 Å². The van der Waals surface area contributed by atoms with Crippen LogP contribution in [0.15, 0.2) is 48.5 Å². The average Bonchev–Trinajstić information content (AvgIpc) is 2.48. The van der Waals surface area contributed by atoms with Gasteiger partial charge in [-0.15, -0.1) is 0 Å². The number of carbonyl (C=O) groups excluding carboxylic acids is 1.